The molecule has 4 atom stereocenters. The zero-order chi connectivity index (χ0) is 17.4. The average molecular weight is 337 g/mol. The summed E-state index contributed by atoms with van der Waals surface area (Å²) in [6.45, 7) is 2.11. The van der Waals surface area contributed by atoms with E-state index >= 15 is 0 Å². The standard InChI is InChI=1S/C19H23N5O/c1-13(22-15-11-17(25)18(15)24-10-6-9-21-24)19-20-12-16(23(19)2)14-7-4-3-5-8-14/h3-10,12-13,15,17-18,22,25H,11H2,1-2H3/t13?,15-,17+,18+/m0/s1. The van der Waals surface area contributed by atoms with E-state index in [1.165, 1.54) is 0 Å². The normalized spacial score (nSPS) is 24.0. The number of aromatic nitrogens is 4. The molecule has 0 saturated heterocycles. The van der Waals surface area contributed by atoms with Crippen LogP contribution in [0.2, 0.25) is 0 Å². The van der Waals surface area contributed by atoms with Crippen LogP contribution in [0.3, 0.4) is 0 Å². The molecule has 1 unspecified atom stereocenters. The molecular weight excluding hydrogens is 314 g/mol. The van der Waals surface area contributed by atoms with Crippen LogP contribution in [0.5, 0.6) is 0 Å². The number of aliphatic hydroxyl groups excluding tert-OH is 1. The van der Waals surface area contributed by atoms with Gasteiger partial charge in [0.05, 0.1) is 30.1 Å². The van der Waals surface area contributed by atoms with Gasteiger partial charge >= 0.3 is 0 Å². The van der Waals surface area contributed by atoms with E-state index < -0.39 is 0 Å². The van der Waals surface area contributed by atoms with Crippen molar-refractivity contribution in [2.45, 2.75) is 37.6 Å². The van der Waals surface area contributed by atoms with Gasteiger partial charge in [0.1, 0.15) is 5.82 Å². The molecule has 6 nitrogen and oxygen atoms in total. The van der Waals surface area contributed by atoms with E-state index in [4.69, 9.17) is 0 Å². The third-order valence-electron chi connectivity index (χ3n) is 5.08. The van der Waals surface area contributed by atoms with Crippen LogP contribution >= 0.6 is 0 Å². The van der Waals surface area contributed by atoms with E-state index in [0.717, 1.165) is 23.5 Å². The minimum absolute atomic E-state index is 0.0219. The number of rotatable bonds is 5. The number of benzene rings is 1. The Labute approximate surface area is 147 Å². The summed E-state index contributed by atoms with van der Waals surface area (Å²) in [6.07, 6.45) is 5.94. The van der Waals surface area contributed by atoms with E-state index in [2.05, 4.69) is 39.0 Å². The smallest absolute Gasteiger partial charge is 0.125 e. The third-order valence-corrected chi connectivity index (χ3v) is 5.08. The van der Waals surface area contributed by atoms with Crippen LogP contribution < -0.4 is 5.32 Å². The molecule has 2 heterocycles. The number of hydrogen-bond donors (Lipinski definition) is 2. The minimum atomic E-state index is -0.356. The Hall–Kier alpha value is -2.44. The summed E-state index contributed by atoms with van der Waals surface area (Å²) in [5.41, 5.74) is 2.26. The highest BCUT2D eigenvalue weighted by Crippen LogP contribution is 2.34. The summed E-state index contributed by atoms with van der Waals surface area (Å²) in [5.74, 6) is 0.986. The fourth-order valence-electron chi connectivity index (χ4n) is 3.69. The number of nitrogens with one attached hydrogen (secondary N) is 1. The lowest BCUT2D eigenvalue weighted by Gasteiger charge is -2.43. The van der Waals surface area contributed by atoms with E-state index in [1.54, 1.807) is 6.20 Å². The third kappa shape index (κ3) is 2.88. The average Bonchev–Trinajstić information content (AvgIpc) is 3.25. The number of imidazole rings is 1. The molecule has 1 saturated carbocycles. The second kappa shape index (κ2) is 6.46. The second-order valence-electron chi connectivity index (χ2n) is 6.70. The highest BCUT2D eigenvalue weighted by atomic mass is 16.3. The highest BCUT2D eigenvalue weighted by Gasteiger charge is 2.42. The van der Waals surface area contributed by atoms with Crippen LogP contribution in [0.4, 0.5) is 0 Å². The molecule has 0 radical (unpaired) electrons. The Morgan fingerprint density at radius 3 is 2.72 bits per heavy atom. The number of aliphatic hydroxyl groups is 1. The predicted octanol–water partition coefficient (Wildman–Crippen LogP) is 2.31. The molecule has 2 N–H and O–H groups in total. The molecule has 1 aliphatic rings. The van der Waals surface area contributed by atoms with Gasteiger partial charge in [-0.05, 0) is 25.0 Å². The molecule has 1 aliphatic carbocycles. The molecule has 2 aromatic heterocycles. The maximum atomic E-state index is 10.1. The first kappa shape index (κ1) is 16.1. The molecular formula is C19H23N5O. The van der Waals surface area contributed by atoms with Crippen molar-refractivity contribution in [1.29, 1.82) is 0 Å². The Morgan fingerprint density at radius 1 is 1.24 bits per heavy atom. The molecule has 130 valence electrons. The van der Waals surface area contributed by atoms with Crippen LogP contribution in [-0.2, 0) is 7.05 Å². The lowest BCUT2D eigenvalue weighted by Crippen LogP contribution is -2.55. The molecule has 1 fully saturated rings. The first-order chi connectivity index (χ1) is 12.1. The molecule has 1 aromatic carbocycles. The number of nitrogens with zero attached hydrogens (tertiary/aromatic N) is 4. The first-order valence-corrected chi connectivity index (χ1v) is 8.65. The van der Waals surface area contributed by atoms with Crippen molar-refractivity contribution in [3.05, 3.63) is 60.8 Å². The summed E-state index contributed by atoms with van der Waals surface area (Å²) in [5, 5.41) is 18.0. The summed E-state index contributed by atoms with van der Waals surface area (Å²) in [7, 11) is 2.05. The van der Waals surface area contributed by atoms with Crippen molar-refractivity contribution in [3.8, 4) is 11.3 Å². The van der Waals surface area contributed by atoms with Gasteiger partial charge in [-0.2, -0.15) is 5.10 Å². The van der Waals surface area contributed by atoms with Gasteiger partial charge in [0.15, 0.2) is 0 Å². The fraction of sp³-hybridized carbons (Fsp3) is 0.368. The van der Waals surface area contributed by atoms with Crippen molar-refractivity contribution in [1.82, 2.24) is 24.6 Å². The maximum absolute atomic E-state index is 10.1. The summed E-state index contributed by atoms with van der Waals surface area (Å²) >= 11 is 0. The lowest BCUT2D eigenvalue weighted by atomic mass is 9.82. The van der Waals surface area contributed by atoms with Gasteiger partial charge in [0.2, 0.25) is 0 Å². The van der Waals surface area contributed by atoms with Gasteiger partial charge < -0.3 is 15.0 Å². The Morgan fingerprint density at radius 2 is 2.04 bits per heavy atom. The van der Waals surface area contributed by atoms with Crippen molar-refractivity contribution in [3.63, 3.8) is 0 Å². The van der Waals surface area contributed by atoms with E-state index in [1.807, 2.05) is 48.4 Å². The number of hydrogen-bond acceptors (Lipinski definition) is 4. The molecule has 0 bridgehead atoms. The largest absolute Gasteiger partial charge is 0.391 e. The van der Waals surface area contributed by atoms with E-state index in [9.17, 15) is 5.11 Å². The monoisotopic (exact) mass is 337 g/mol. The van der Waals surface area contributed by atoms with Crippen molar-refractivity contribution >= 4 is 0 Å². The first-order valence-electron chi connectivity index (χ1n) is 8.65. The van der Waals surface area contributed by atoms with Crippen LogP contribution in [0.1, 0.15) is 31.3 Å². The maximum Gasteiger partial charge on any atom is 0.125 e. The Balaban J connectivity index is 1.51. The molecule has 0 aliphatic heterocycles. The molecule has 3 aromatic rings. The van der Waals surface area contributed by atoms with Gasteiger partial charge in [0, 0.05) is 25.5 Å². The molecule has 25 heavy (non-hydrogen) atoms. The zero-order valence-electron chi connectivity index (χ0n) is 14.4. The Kier molecular flexibility index (Phi) is 4.15. The van der Waals surface area contributed by atoms with Crippen molar-refractivity contribution in [2.75, 3.05) is 0 Å². The van der Waals surface area contributed by atoms with Gasteiger partial charge in [-0.1, -0.05) is 30.3 Å². The lowest BCUT2D eigenvalue weighted by molar-refractivity contribution is -0.0115. The second-order valence-corrected chi connectivity index (χ2v) is 6.70. The van der Waals surface area contributed by atoms with Gasteiger partial charge in [0.25, 0.3) is 0 Å². The van der Waals surface area contributed by atoms with Gasteiger partial charge in [-0.15, -0.1) is 0 Å². The summed E-state index contributed by atoms with van der Waals surface area (Å²) in [6, 6.07) is 12.4. The van der Waals surface area contributed by atoms with Crippen LogP contribution in [0.25, 0.3) is 11.3 Å². The summed E-state index contributed by atoms with van der Waals surface area (Å²) < 4.78 is 3.97. The van der Waals surface area contributed by atoms with Gasteiger partial charge in [-0.3, -0.25) is 4.68 Å². The molecule has 4 rings (SSSR count). The van der Waals surface area contributed by atoms with Crippen molar-refractivity contribution < 1.29 is 5.11 Å². The van der Waals surface area contributed by atoms with Crippen LogP contribution in [0.15, 0.2) is 55.0 Å². The summed E-state index contributed by atoms with van der Waals surface area (Å²) in [4.78, 5) is 4.63. The molecule has 0 spiro atoms. The minimum Gasteiger partial charge on any atom is -0.391 e. The Bertz CT molecular complexity index is 827. The quantitative estimate of drug-likeness (QED) is 0.750. The van der Waals surface area contributed by atoms with Gasteiger partial charge in [-0.25, -0.2) is 4.98 Å². The highest BCUT2D eigenvalue weighted by molar-refractivity contribution is 5.59. The van der Waals surface area contributed by atoms with E-state index in [0.29, 0.717) is 0 Å². The predicted molar refractivity (Wildman–Crippen MR) is 95.9 cm³/mol. The zero-order valence-corrected chi connectivity index (χ0v) is 14.4. The topological polar surface area (TPSA) is 67.9 Å². The van der Waals surface area contributed by atoms with Crippen molar-refractivity contribution in [2.24, 2.45) is 7.05 Å². The fourth-order valence-corrected chi connectivity index (χ4v) is 3.69. The molecule has 6 heteroatoms. The molecule has 0 amide bonds. The van der Waals surface area contributed by atoms with Crippen LogP contribution in [0, 0.1) is 0 Å². The van der Waals surface area contributed by atoms with E-state index in [-0.39, 0.29) is 24.2 Å². The SMILES string of the molecule is CC(N[C@H]1C[C@@H](O)[C@@H]1n1cccn1)c1ncc(-c2ccccc2)n1C. The van der Waals surface area contributed by atoms with Crippen LogP contribution in [-0.4, -0.2) is 36.6 Å².